The van der Waals surface area contributed by atoms with Crippen molar-refractivity contribution in [3.8, 4) is 0 Å². The highest BCUT2D eigenvalue weighted by Gasteiger charge is 2.30. The van der Waals surface area contributed by atoms with Gasteiger partial charge in [0.1, 0.15) is 0 Å². The third kappa shape index (κ3) is 3.87. The summed E-state index contributed by atoms with van der Waals surface area (Å²) in [6.07, 6.45) is -2.49. The maximum Gasteiger partial charge on any atom is 0.416 e. The molecule has 0 atom stereocenters. The quantitative estimate of drug-likeness (QED) is 0.738. The molecule has 0 amide bonds. The van der Waals surface area contributed by atoms with Gasteiger partial charge in [0.15, 0.2) is 0 Å². The molecule has 3 rings (SSSR count). The Hall–Kier alpha value is -2.43. The van der Waals surface area contributed by atoms with Crippen LogP contribution in [0, 0.1) is 6.92 Å². The average Bonchev–Trinajstić information content (AvgIpc) is 2.63. The standard InChI is InChI=1S/C21H23F3N2/c1-14-3-4-18(13-20(14)25)15(2)26-11-9-17(10-12-26)16-5-7-19(8-6-16)21(22,23)24/h3-8,13,17H,2,9-12,25H2,1H3. The maximum atomic E-state index is 12.7. The number of nitrogen functional groups attached to an aromatic ring is 1. The Bertz CT molecular complexity index is 786. The average molecular weight is 360 g/mol. The van der Waals surface area contributed by atoms with Crippen LogP contribution in [0.3, 0.4) is 0 Å². The van der Waals surface area contributed by atoms with Crippen LogP contribution >= 0.6 is 0 Å². The van der Waals surface area contributed by atoms with E-state index in [-0.39, 0.29) is 5.92 Å². The first-order valence-electron chi connectivity index (χ1n) is 8.73. The largest absolute Gasteiger partial charge is 0.416 e. The van der Waals surface area contributed by atoms with Gasteiger partial charge in [0, 0.05) is 24.5 Å². The van der Waals surface area contributed by atoms with E-state index in [1.54, 1.807) is 12.1 Å². The second-order valence-corrected chi connectivity index (χ2v) is 6.90. The molecule has 0 bridgehead atoms. The zero-order valence-electron chi connectivity index (χ0n) is 14.8. The molecule has 2 nitrogen and oxygen atoms in total. The van der Waals surface area contributed by atoms with Crippen molar-refractivity contribution in [2.75, 3.05) is 18.8 Å². The predicted molar refractivity (Wildman–Crippen MR) is 99.6 cm³/mol. The van der Waals surface area contributed by atoms with Gasteiger partial charge in [-0.15, -0.1) is 0 Å². The number of hydrogen-bond donors (Lipinski definition) is 1. The van der Waals surface area contributed by atoms with Crippen molar-refractivity contribution in [1.29, 1.82) is 0 Å². The molecule has 138 valence electrons. The molecule has 1 fully saturated rings. The molecule has 0 aliphatic carbocycles. The van der Waals surface area contributed by atoms with E-state index in [9.17, 15) is 13.2 Å². The van der Waals surface area contributed by atoms with Crippen LogP contribution in [0.5, 0.6) is 0 Å². The number of nitrogens with two attached hydrogens (primary N) is 1. The highest BCUT2D eigenvalue weighted by molar-refractivity contribution is 5.66. The predicted octanol–water partition coefficient (Wildman–Crippen LogP) is 5.45. The summed E-state index contributed by atoms with van der Waals surface area (Å²) in [5, 5.41) is 0. The van der Waals surface area contributed by atoms with Gasteiger partial charge in [-0.25, -0.2) is 0 Å². The van der Waals surface area contributed by atoms with Crippen molar-refractivity contribution in [3.63, 3.8) is 0 Å². The number of nitrogens with zero attached hydrogens (tertiary/aromatic N) is 1. The van der Waals surface area contributed by atoms with Crippen LogP contribution in [0.15, 0.2) is 49.0 Å². The molecule has 2 aromatic carbocycles. The first-order chi connectivity index (χ1) is 12.3. The first kappa shape index (κ1) is 18.4. The van der Waals surface area contributed by atoms with Crippen LogP contribution in [0.1, 0.15) is 41.0 Å². The van der Waals surface area contributed by atoms with Crippen LogP contribution < -0.4 is 5.73 Å². The minimum atomic E-state index is -4.28. The highest BCUT2D eigenvalue weighted by Crippen LogP contribution is 2.34. The fourth-order valence-corrected chi connectivity index (χ4v) is 3.43. The highest BCUT2D eigenvalue weighted by atomic mass is 19.4. The molecule has 1 aliphatic heterocycles. The lowest BCUT2D eigenvalue weighted by atomic mass is 9.88. The molecule has 0 spiro atoms. The molecule has 26 heavy (non-hydrogen) atoms. The fourth-order valence-electron chi connectivity index (χ4n) is 3.43. The van der Waals surface area contributed by atoms with Crippen molar-refractivity contribution in [2.45, 2.75) is 31.9 Å². The van der Waals surface area contributed by atoms with E-state index in [4.69, 9.17) is 5.73 Å². The minimum absolute atomic E-state index is 0.282. The Kier molecular flexibility index (Phi) is 4.99. The summed E-state index contributed by atoms with van der Waals surface area (Å²) >= 11 is 0. The van der Waals surface area contributed by atoms with Crippen molar-refractivity contribution in [2.24, 2.45) is 0 Å². The summed E-state index contributed by atoms with van der Waals surface area (Å²) < 4.78 is 38.1. The second kappa shape index (κ2) is 7.06. The Morgan fingerprint density at radius 1 is 1.08 bits per heavy atom. The van der Waals surface area contributed by atoms with Crippen LogP contribution in [-0.4, -0.2) is 18.0 Å². The molecular formula is C21H23F3N2. The zero-order valence-corrected chi connectivity index (χ0v) is 14.8. The van der Waals surface area contributed by atoms with E-state index in [1.807, 2.05) is 25.1 Å². The van der Waals surface area contributed by atoms with Gasteiger partial charge < -0.3 is 10.6 Å². The Morgan fingerprint density at radius 2 is 1.69 bits per heavy atom. The van der Waals surface area contributed by atoms with Crippen LogP contribution in [0.2, 0.25) is 0 Å². The molecule has 2 aromatic rings. The normalized spacial score (nSPS) is 15.9. The van der Waals surface area contributed by atoms with Gasteiger partial charge >= 0.3 is 6.18 Å². The third-order valence-corrected chi connectivity index (χ3v) is 5.20. The number of hydrogen-bond acceptors (Lipinski definition) is 2. The van der Waals surface area contributed by atoms with Crippen molar-refractivity contribution in [3.05, 3.63) is 71.3 Å². The number of likely N-dealkylation sites (tertiary alicyclic amines) is 1. The summed E-state index contributed by atoms with van der Waals surface area (Å²) in [7, 11) is 0. The molecule has 0 saturated carbocycles. The number of aryl methyl sites for hydroxylation is 1. The number of alkyl halides is 3. The number of anilines is 1. The first-order valence-corrected chi connectivity index (χ1v) is 8.73. The van der Waals surface area contributed by atoms with Crippen LogP contribution in [-0.2, 0) is 6.18 Å². The lowest BCUT2D eigenvalue weighted by molar-refractivity contribution is -0.137. The SMILES string of the molecule is C=C(c1ccc(C)c(N)c1)N1CCC(c2ccc(C(F)(F)F)cc2)CC1. The third-order valence-electron chi connectivity index (χ3n) is 5.20. The second-order valence-electron chi connectivity index (χ2n) is 6.90. The minimum Gasteiger partial charge on any atom is -0.398 e. The fraction of sp³-hybridized carbons (Fsp3) is 0.333. The molecule has 0 aromatic heterocycles. The monoisotopic (exact) mass is 360 g/mol. The van der Waals surface area contributed by atoms with E-state index in [2.05, 4.69) is 11.5 Å². The number of halogens is 3. The molecule has 1 saturated heterocycles. The van der Waals surface area contributed by atoms with Crippen LogP contribution in [0.4, 0.5) is 18.9 Å². The summed E-state index contributed by atoms with van der Waals surface area (Å²) in [4.78, 5) is 2.23. The number of piperidine rings is 1. The number of rotatable bonds is 3. The van der Waals surface area contributed by atoms with Crippen molar-refractivity contribution >= 4 is 11.4 Å². The molecule has 2 N–H and O–H groups in total. The molecule has 1 aliphatic rings. The van der Waals surface area contributed by atoms with Gasteiger partial charge in [-0.2, -0.15) is 13.2 Å². The summed E-state index contributed by atoms with van der Waals surface area (Å²) in [5.41, 5.74) is 10.1. The van der Waals surface area contributed by atoms with Gasteiger partial charge in [-0.1, -0.05) is 30.8 Å². The van der Waals surface area contributed by atoms with Crippen LogP contribution in [0.25, 0.3) is 5.70 Å². The van der Waals surface area contributed by atoms with Gasteiger partial charge in [-0.05, 0) is 60.6 Å². The molecule has 0 unspecified atom stereocenters. The Labute approximate surface area is 152 Å². The Balaban J connectivity index is 1.63. The zero-order chi connectivity index (χ0) is 18.9. The lowest BCUT2D eigenvalue weighted by Crippen LogP contribution is -2.31. The summed E-state index contributed by atoms with van der Waals surface area (Å²) in [6.45, 7) is 7.83. The van der Waals surface area contributed by atoms with Gasteiger partial charge in [0.05, 0.1) is 5.56 Å². The number of benzene rings is 2. The molecule has 5 heteroatoms. The molecular weight excluding hydrogens is 337 g/mol. The van der Waals surface area contributed by atoms with Gasteiger partial charge in [0.25, 0.3) is 0 Å². The van der Waals surface area contributed by atoms with Crippen molar-refractivity contribution < 1.29 is 13.2 Å². The van der Waals surface area contributed by atoms with E-state index in [0.717, 1.165) is 54.0 Å². The summed E-state index contributed by atoms with van der Waals surface area (Å²) in [5.74, 6) is 0.282. The van der Waals surface area contributed by atoms with Gasteiger partial charge in [-0.3, -0.25) is 0 Å². The van der Waals surface area contributed by atoms with E-state index >= 15 is 0 Å². The van der Waals surface area contributed by atoms with E-state index in [0.29, 0.717) is 0 Å². The lowest BCUT2D eigenvalue weighted by Gasteiger charge is -2.35. The van der Waals surface area contributed by atoms with Gasteiger partial charge in [0.2, 0.25) is 0 Å². The summed E-state index contributed by atoms with van der Waals surface area (Å²) in [6, 6.07) is 11.5. The van der Waals surface area contributed by atoms with E-state index in [1.165, 1.54) is 12.1 Å². The topological polar surface area (TPSA) is 29.3 Å². The maximum absolute atomic E-state index is 12.7. The smallest absolute Gasteiger partial charge is 0.398 e. The van der Waals surface area contributed by atoms with Crippen molar-refractivity contribution in [1.82, 2.24) is 4.90 Å². The Morgan fingerprint density at radius 3 is 2.23 bits per heavy atom. The molecule has 1 heterocycles. The molecule has 0 radical (unpaired) electrons. The van der Waals surface area contributed by atoms with E-state index < -0.39 is 11.7 Å².